The van der Waals surface area contributed by atoms with Gasteiger partial charge in [0.25, 0.3) is 0 Å². The first-order chi connectivity index (χ1) is 7.51. The predicted octanol–water partition coefficient (Wildman–Crippen LogP) is 4.42. The van der Waals surface area contributed by atoms with Gasteiger partial charge in [0.1, 0.15) is 4.33 Å². The molecule has 0 amide bonds. The molecule has 0 unspecified atom stereocenters. The van der Waals surface area contributed by atoms with E-state index in [1.165, 1.54) is 6.42 Å². The van der Waals surface area contributed by atoms with Gasteiger partial charge in [0, 0.05) is 11.0 Å². The van der Waals surface area contributed by atoms with Crippen LogP contribution in [0.2, 0.25) is 0 Å². The molecule has 4 aliphatic carbocycles. The first-order valence-corrected chi connectivity index (χ1v) is 7.48. The Hall–Kier alpha value is 0.900. The van der Waals surface area contributed by atoms with E-state index in [9.17, 15) is 0 Å². The summed E-state index contributed by atoms with van der Waals surface area (Å²) in [4.78, 5) is 0. The lowest BCUT2D eigenvalue weighted by Crippen LogP contribution is -2.23. The third kappa shape index (κ3) is 1.11. The molecule has 0 radical (unpaired) electrons. The Labute approximate surface area is 115 Å². The monoisotopic (exact) mass is 296 g/mol. The quantitative estimate of drug-likeness (QED) is 0.581. The highest BCUT2D eigenvalue weighted by Gasteiger charge is 2.75. The predicted molar refractivity (Wildman–Crippen MR) is 68.2 cm³/mol. The van der Waals surface area contributed by atoms with E-state index in [-0.39, 0.29) is 5.38 Å². The summed E-state index contributed by atoms with van der Waals surface area (Å²) in [7, 11) is 0. The van der Waals surface area contributed by atoms with E-state index in [0.717, 1.165) is 11.5 Å². The van der Waals surface area contributed by atoms with Gasteiger partial charge >= 0.3 is 0 Å². The smallest absolute Gasteiger partial charge is 0.117 e. The zero-order chi connectivity index (χ0) is 11.2. The molecule has 0 heterocycles. The summed E-state index contributed by atoms with van der Waals surface area (Å²) in [6, 6.07) is 0. The standard InChI is InChI=1S/C12H12Cl4/c13-8-2-4-1-6(11(8)14)5-3-7-10(9(4)5)12(7,15)16/h2,4-7,9-11H,1,3H2/t4-,5-,6+,7-,9-,10+,11+/m0/s1. The molecule has 0 aromatic carbocycles. The number of halogens is 4. The van der Waals surface area contributed by atoms with E-state index in [1.807, 2.05) is 0 Å². The molecule has 0 nitrogen and oxygen atoms in total. The Morgan fingerprint density at radius 2 is 1.94 bits per heavy atom. The fourth-order valence-corrected chi connectivity index (χ4v) is 6.27. The second-order valence-corrected chi connectivity index (χ2v) is 8.15. The second-order valence-electron chi connectivity index (χ2n) is 5.80. The minimum Gasteiger partial charge on any atom is -0.117 e. The first kappa shape index (κ1) is 10.8. The highest BCUT2D eigenvalue weighted by molar-refractivity contribution is 6.51. The summed E-state index contributed by atoms with van der Waals surface area (Å²) in [6.45, 7) is 0. The van der Waals surface area contributed by atoms with Gasteiger partial charge in [-0.1, -0.05) is 17.7 Å². The lowest BCUT2D eigenvalue weighted by atomic mass is 9.86. The zero-order valence-electron chi connectivity index (χ0n) is 8.54. The van der Waals surface area contributed by atoms with Crippen LogP contribution in [0.3, 0.4) is 0 Å². The van der Waals surface area contributed by atoms with E-state index < -0.39 is 4.33 Å². The number of hydrogen-bond donors (Lipinski definition) is 0. The maximum absolute atomic E-state index is 6.39. The van der Waals surface area contributed by atoms with Gasteiger partial charge in [-0.15, -0.1) is 34.8 Å². The first-order valence-electron chi connectivity index (χ1n) is 5.91. The Morgan fingerprint density at radius 3 is 2.69 bits per heavy atom. The van der Waals surface area contributed by atoms with Crippen LogP contribution in [0.15, 0.2) is 11.1 Å². The lowest BCUT2D eigenvalue weighted by Gasteiger charge is -2.25. The van der Waals surface area contributed by atoms with Crippen molar-refractivity contribution < 1.29 is 0 Å². The molecule has 0 spiro atoms. The van der Waals surface area contributed by atoms with E-state index >= 15 is 0 Å². The molecule has 0 aliphatic heterocycles. The zero-order valence-corrected chi connectivity index (χ0v) is 11.6. The van der Waals surface area contributed by atoms with Crippen molar-refractivity contribution in [1.29, 1.82) is 0 Å². The van der Waals surface area contributed by atoms with Gasteiger partial charge in [0.15, 0.2) is 0 Å². The van der Waals surface area contributed by atoms with Crippen molar-refractivity contribution in [3.63, 3.8) is 0 Å². The van der Waals surface area contributed by atoms with E-state index in [1.54, 1.807) is 0 Å². The molecule has 4 heteroatoms. The third-order valence-corrected chi connectivity index (χ3v) is 7.40. The van der Waals surface area contributed by atoms with E-state index in [4.69, 9.17) is 46.4 Å². The van der Waals surface area contributed by atoms with Gasteiger partial charge < -0.3 is 0 Å². The average molecular weight is 298 g/mol. The van der Waals surface area contributed by atoms with Crippen LogP contribution in [0.5, 0.6) is 0 Å². The number of allylic oxidation sites excluding steroid dienone is 2. The highest BCUT2D eigenvalue weighted by atomic mass is 35.5. The van der Waals surface area contributed by atoms with Gasteiger partial charge in [-0.3, -0.25) is 0 Å². The fraction of sp³-hybridized carbons (Fsp3) is 0.833. The molecule has 7 atom stereocenters. The summed E-state index contributed by atoms with van der Waals surface area (Å²) in [5.41, 5.74) is 0. The van der Waals surface area contributed by atoms with Gasteiger partial charge in [0.05, 0.1) is 5.38 Å². The van der Waals surface area contributed by atoms with Crippen LogP contribution in [-0.4, -0.2) is 9.71 Å². The van der Waals surface area contributed by atoms with Crippen molar-refractivity contribution in [2.24, 2.45) is 35.5 Å². The maximum atomic E-state index is 6.39. The molecule has 3 fully saturated rings. The largest absolute Gasteiger partial charge is 0.125 e. The number of alkyl halides is 3. The Balaban J connectivity index is 1.72. The van der Waals surface area contributed by atoms with Gasteiger partial charge in [-0.25, -0.2) is 0 Å². The molecule has 3 saturated carbocycles. The number of fused-ring (bicyclic) bond motifs is 7. The molecular weight excluding hydrogens is 286 g/mol. The van der Waals surface area contributed by atoms with Crippen LogP contribution in [0.25, 0.3) is 0 Å². The Kier molecular flexibility index (Phi) is 2.07. The number of rotatable bonds is 0. The molecule has 16 heavy (non-hydrogen) atoms. The SMILES string of the molecule is ClC1=C[C@@H]2C[C@H]([C@@H]3C[C@H]4[C@H]([C@H]32)C4(Cl)Cl)[C@H]1Cl. The lowest BCUT2D eigenvalue weighted by molar-refractivity contribution is 0.309. The highest BCUT2D eigenvalue weighted by Crippen LogP contribution is 2.76. The Morgan fingerprint density at radius 1 is 1.19 bits per heavy atom. The van der Waals surface area contributed by atoms with Crippen LogP contribution in [0.4, 0.5) is 0 Å². The summed E-state index contributed by atoms with van der Waals surface area (Å²) in [6.07, 6.45) is 4.52. The summed E-state index contributed by atoms with van der Waals surface area (Å²) in [5.74, 6) is 3.50. The maximum Gasteiger partial charge on any atom is 0.125 e. The van der Waals surface area contributed by atoms with E-state index in [0.29, 0.717) is 35.5 Å². The van der Waals surface area contributed by atoms with Crippen molar-refractivity contribution in [1.82, 2.24) is 0 Å². The third-order valence-electron chi connectivity index (χ3n) is 5.30. The van der Waals surface area contributed by atoms with Gasteiger partial charge in [-0.2, -0.15) is 0 Å². The van der Waals surface area contributed by atoms with Crippen LogP contribution in [0.1, 0.15) is 12.8 Å². The van der Waals surface area contributed by atoms with Gasteiger partial charge in [0.2, 0.25) is 0 Å². The molecule has 88 valence electrons. The molecule has 0 aromatic heterocycles. The molecule has 4 rings (SSSR count). The molecule has 2 bridgehead atoms. The van der Waals surface area contributed by atoms with Crippen LogP contribution >= 0.6 is 46.4 Å². The normalized spacial score (nSPS) is 60.2. The second kappa shape index (κ2) is 3.07. The minimum absolute atomic E-state index is 0.0328. The summed E-state index contributed by atoms with van der Waals surface area (Å²) >= 11 is 25.2. The number of hydrogen-bond acceptors (Lipinski definition) is 0. The van der Waals surface area contributed by atoms with Crippen molar-refractivity contribution in [2.45, 2.75) is 22.6 Å². The minimum atomic E-state index is -0.444. The topological polar surface area (TPSA) is 0 Å². The fourth-order valence-electron chi connectivity index (χ4n) is 4.67. The van der Waals surface area contributed by atoms with Crippen LogP contribution in [-0.2, 0) is 0 Å². The van der Waals surface area contributed by atoms with Crippen molar-refractivity contribution in [2.75, 3.05) is 0 Å². The molecule has 0 N–H and O–H groups in total. The summed E-state index contributed by atoms with van der Waals surface area (Å²) < 4.78 is -0.444. The molecular formula is C12H12Cl4. The molecule has 4 aliphatic rings. The molecule has 0 saturated heterocycles. The van der Waals surface area contributed by atoms with Crippen molar-refractivity contribution in [3.8, 4) is 0 Å². The Bertz CT molecular complexity index is 388. The van der Waals surface area contributed by atoms with Crippen LogP contribution in [0, 0.1) is 35.5 Å². The van der Waals surface area contributed by atoms with Crippen molar-refractivity contribution >= 4 is 46.4 Å². The van der Waals surface area contributed by atoms with Crippen molar-refractivity contribution in [3.05, 3.63) is 11.1 Å². The molecule has 0 aromatic rings. The summed E-state index contributed by atoms with van der Waals surface area (Å²) in [5, 5.41) is 0.884. The van der Waals surface area contributed by atoms with Crippen LogP contribution < -0.4 is 0 Å². The van der Waals surface area contributed by atoms with E-state index in [2.05, 4.69) is 6.08 Å². The van der Waals surface area contributed by atoms with Gasteiger partial charge in [-0.05, 0) is 42.4 Å². The average Bonchev–Trinajstić information content (AvgIpc) is 2.63.